The molecule has 2 unspecified atom stereocenters. The highest BCUT2D eigenvalue weighted by Gasteiger charge is 2.53. The molecule has 1 saturated heterocycles. The molecule has 2 aromatic heterocycles. The molecule has 4 rings (SSSR count). The average Bonchev–Trinajstić information content (AvgIpc) is 3.30. The maximum atomic E-state index is 10.7. The quantitative estimate of drug-likeness (QED) is 0.546. The first-order valence-corrected chi connectivity index (χ1v) is 8.24. The van der Waals surface area contributed by atoms with Crippen molar-refractivity contribution >= 4 is 22.9 Å². The number of ether oxygens (including phenoxy) is 1. The fourth-order valence-corrected chi connectivity index (χ4v) is 3.36. The van der Waals surface area contributed by atoms with Gasteiger partial charge in [0.1, 0.15) is 17.8 Å². The maximum Gasteiger partial charge on any atom is 0.224 e. The van der Waals surface area contributed by atoms with E-state index in [0.29, 0.717) is 23.0 Å². The number of hydrogen-bond donors (Lipinski definition) is 4. The summed E-state index contributed by atoms with van der Waals surface area (Å²) in [5.74, 6) is 0.717. The Morgan fingerprint density at radius 3 is 2.76 bits per heavy atom. The second-order valence-electron chi connectivity index (χ2n) is 6.95. The number of fused-ring (bicyclic) bond motifs is 1. The van der Waals surface area contributed by atoms with Crippen LogP contribution in [-0.2, 0) is 4.74 Å². The third-order valence-electron chi connectivity index (χ3n) is 5.04. The fourth-order valence-electron chi connectivity index (χ4n) is 3.36. The molecule has 1 saturated carbocycles. The molecule has 2 fully saturated rings. The average molecular weight is 350 g/mol. The molecular formula is C15H22N6O4. The van der Waals surface area contributed by atoms with Crippen molar-refractivity contribution in [2.45, 2.75) is 49.8 Å². The highest BCUT2D eigenvalue weighted by molar-refractivity contribution is 5.85. The van der Waals surface area contributed by atoms with Crippen LogP contribution >= 0.6 is 0 Å². The number of hydrogen-bond acceptors (Lipinski definition) is 9. The number of rotatable bonds is 4. The minimum atomic E-state index is -1.62. The lowest BCUT2D eigenvalue weighted by atomic mass is 9.96. The molecule has 0 bridgehead atoms. The topological polar surface area (TPSA) is 143 Å². The fraction of sp³-hybridized carbons (Fsp3) is 0.667. The molecule has 136 valence electrons. The van der Waals surface area contributed by atoms with Gasteiger partial charge in [-0.05, 0) is 19.8 Å². The van der Waals surface area contributed by atoms with Crippen molar-refractivity contribution in [2.75, 3.05) is 24.3 Å². The van der Waals surface area contributed by atoms with Crippen LogP contribution in [0.15, 0.2) is 6.33 Å². The van der Waals surface area contributed by atoms with Crippen LogP contribution in [0.3, 0.4) is 0 Å². The zero-order valence-corrected chi connectivity index (χ0v) is 14.1. The summed E-state index contributed by atoms with van der Waals surface area (Å²) in [7, 11) is 1.94. The van der Waals surface area contributed by atoms with Crippen molar-refractivity contribution in [1.29, 1.82) is 0 Å². The molecule has 3 heterocycles. The number of aliphatic hydroxyl groups is 3. The van der Waals surface area contributed by atoms with Crippen molar-refractivity contribution in [1.82, 2.24) is 19.5 Å². The van der Waals surface area contributed by atoms with Gasteiger partial charge in [-0.15, -0.1) is 0 Å². The summed E-state index contributed by atoms with van der Waals surface area (Å²) < 4.78 is 7.17. The Morgan fingerprint density at radius 1 is 1.44 bits per heavy atom. The SMILES string of the molecule is CN(c1nc(N)nc2c1ncn2[C@@H]1O[C@H](CO)C(O)C1(C)O)C1CC1. The van der Waals surface area contributed by atoms with Crippen molar-refractivity contribution in [2.24, 2.45) is 0 Å². The Labute approximate surface area is 143 Å². The molecule has 25 heavy (non-hydrogen) atoms. The predicted octanol–water partition coefficient (Wildman–Crippen LogP) is -0.991. The molecule has 10 heteroatoms. The van der Waals surface area contributed by atoms with Gasteiger partial charge in [0.05, 0.1) is 12.9 Å². The molecule has 5 N–H and O–H groups in total. The van der Waals surface area contributed by atoms with Crippen LogP contribution in [0.1, 0.15) is 26.0 Å². The van der Waals surface area contributed by atoms with Gasteiger partial charge in [-0.2, -0.15) is 9.97 Å². The molecule has 1 aliphatic carbocycles. The second-order valence-corrected chi connectivity index (χ2v) is 6.95. The monoisotopic (exact) mass is 350 g/mol. The van der Waals surface area contributed by atoms with Crippen LogP contribution in [0.2, 0.25) is 0 Å². The van der Waals surface area contributed by atoms with Crippen molar-refractivity contribution < 1.29 is 20.1 Å². The zero-order valence-electron chi connectivity index (χ0n) is 14.1. The maximum absolute atomic E-state index is 10.7. The van der Waals surface area contributed by atoms with Crippen LogP contribution in [0.5, 0.6) is 0 Å². The lowest BCUT2D eigenvalue weighted by Gasteiger charge is -2.27. The molecule has 0 spiro atoms. The van der Waals surface area contributed by atoms with Gasteiger partial charge in [-0.25, -0.2) is 4.98 Å². The van der Waals surface area contributed by atoms with E-state index in [2.05, 4.69) is 15.0 Å². The zero-order chi connectivity index (χ0) is 17.9. The summed E-state index contributed by atoms with van der Waals surface area (Å²) in [6, 6.07) is 0.411. The molecular weight excluding hydrogens is 328 g/mol. The van der Waals surface area contributed by atoms with Crippen molar-refractivity contribution in [3.05, 3.63) is 6.33 Å². The Morgan fingerprint density at radius 2 is 2.16 bits per heavy atom. The van der Waals surface area contributed by atoms with Gasteiger partial charge in [0.15, 0.2) is 23.2 Å². The Balaban J connectivity index is 1.81. The van der Waals surface area contributed by atoms with E-state index in [1.54, 1.807) is 0 Å². The minimum absolute atomic E-state index is 0.0913. The van der Waals surface area contributed by atoms with E-state index in [-0.39, 0.29) is 5.95 Å². The van der Waals surface area contributed by atoms with E-state index >= 15 is 0 Å². The Bertz CT molecular complexity index is 805. The van der Waals surface area contributed by atoms with Gasteiger partial charge in [0, 0.05) is 13.1 Å². The first kappa shape index (κ1) is 16.5. The smallest absolute Gasteiger partial charge is 0.224 e. The van der Waals surface area contributed by atoms with Crippen molar-refractivity contribution in [3.8, 4) is 0 Å². The van der Waals surface area contributed by atoms with E-state index in [1.807, 2.05) is 11.9 Å². The Kier molecular flexibility index (Phi) is 3.62. The summed E-state index contributed by atoms with van der Waals surface area (Å²) in [5.41, 5.74) is 5.21. The highest BCUT2D eigenvalue weighted by Crippen LogP contribution is 2.40. The number of aromatic nitrogens is 4. The number of anilines is 2. The van der Waals surface area contributed by atoms with Gasteiger partial charge < -0.3 is 30.7 Å². The number of imidazole rings is 1. The second kappa shape index (κ2) is 5.49. The summed E-state index contributed by atoms with van der Waals surface area (Å²) >= 11 is 0. The van der Waals surface area contributed by atoms with Gasteiger partial charge in [0.2, 0.25) is 5.95 Å². The molecule has 10 nitrogen and oxygen atoms in total. The third-order valence-corrected chi connectivity index (χ3v) is 5.04. The van der Waals surface area contributed by atoms with E-state index in [0.717, 1.165) is 12.8 Å². The van der Waals surface area contributed by atoms with Crippen LogP contribution < -0.4 is 10.6 Å². The largest absolute Gasteiger partial charge is 0.394 e. The lowest BCUT2D eigenvalue weighted by molar-refractivity contribution is -0.0950. The normalized spacial score (nSPS) is 32.4. The molecule has 2 aromatic rings. The first-order chi connectivity index (χ1) is 11.8. The molecule has 0 amide bonds. The molecule has 1 aliphatic heterocycles. The van der Waals surface area contributed by atoms with E-state index < -0.39 is 30.6 Å². The van der Waals surface area contributed by atoms with E-state index in [4.69, 9.17) is 10.5 Å². The molecule has 4 atom stereocenters. The van der Waals surface area contributed by atoms with E-state index in [1.165, 1.54) is 17.8 Å². The van der Waals surface area contributed by atoms with Gasteiger partial charge >= 0.3 is 0 Å². The number of nitrogens with zero attached hydrogens (tertiary/aromatic N) is 5. The number of aliphatic hydroxyl groups excluding tert-OH is 2. The van der Waals surface area contributed by atoms with Crippen LogP contribution in [0, 0.1) is 0 Å². The molecule has 0 aromatic carbocycles. The van der Waals surface area contributed by atoms with Gasteiger partial charge in [0.25, 0.3) is 0 Å². The summed E-state index contributed by atoms with van der Waals surface area (Å²) in [5, 5.41) is 30.2. The lowest BCUT2D eigenvalue weighted by Crippen LogP contribution is -2.44. The van der Waals surface area contributed by atoms with E-state index in [9.17, 15) is 15.3 Å². The standard InChI is InChI=1S/C15H22N6O4/c1-15(24)10(23)8(5-22)25-13(15)21-6-17-9-11(20(2)7-3-4-7)18-14(16)19-12(9)21/h6-8,10,13,22-24H,3-5H2,1-2H3,(H2,16,18,19)/t8-,10?,13-,15?/m1/s1. The molecule has 0 radical (unpaired) electrons. The third kappa shape index (κ3) is 2.44. The summed E-state index contributed by atoms with van der Waals surface area (Å²) in [6.07, 6.45) is 0.561. The summed E-state index contributed by atoms with van der Waals surface area (Å²) in [4.78, 5) is 15.0. The van der Waals surface area contributed by atoms with Crippen molar-refractivity contribution in [3.63, 3.8) is 0 Å². The number of nitrogen functional groups attached to an aromatic ring is 1. The highest BCUT2D eigenvalue weighted by atomic mass is 16.6. The van der Waals surface area contributed by atoms with Crippen LogP contribution in [0.25, 0.3) is 11.2 Å². The predicted molar refractivity (Wildman–Crippen MR) is 88.8 cm³/mol. The minimum Gasteiger partial charge on any atom is -0.394 e. The van der Waals surface area contributed by atoms with Gasteiger partial charge in [-0.3, -0.25) is 4.57 Å². The van der Waals surface area contributed by atoms with Crippen LogP contribution in [0.4, 0.5) is 11.8 Å². The van der Waals surface area contributed by atoms with Gasteiger partial charge in [-0.1, -0.05) is 0 Å². The Hall–Kier alpha value is -2.01. The molecule has 2 aliphatic rings. The van der Waals surface area contributed by atoms with Crippen LogP contribution in [-0.4, -0.2) is 72.3 Å². The summed E-state index contributed by atoms with van der Waals surface area (Å²) in [6.45, 7) is 1.04. The first-order valence-electron chi connectivity index (χ1n) is 8.24. The number of nitrogens with two attached hydrogens (primary N) is 1.